The Bertz CT molecular complexity index is 286. The van der Waals surface area contributed by atoms with Gasteiger partial charge in [0.15, 0.2) is 0 Å². The molecule has 1 amide bonds. The van der Waals surface area contributed by atoms with Crippen molar-refractivity contribution in [3.8, 4) is 12.3 Å². The minimum atomic E-state index is -0.728. The molecule has 4 nitrogen and oxygen atoms in total. The average molecular weight is 244 g/mol. The second kappa shape index (κ2) is 8.41. The molecular weight excluding hydrogens is 232 g/mol. The zero-order chi connectivity index (χ0) is 11.7. The Hall–Kier alpha value is -0.900. The van der Waals surface area contributed by atoms with E-state index in [1.165, 1.54) is 6.08 Å². The van der Waals surface area contributed by atoms with Crippen molar-refractivity contribution in [1.82, 2.24) is 10.0 Å². The average Bonchev–Trinajstić information content (AvgIpc) is 2.26. The Balaban J connectivity index is 4.19. The van der Waals surface area contributed by atoms with E-state index in [-0.39, 0.29) is 6.54 Å². The van der Waals surface area contributed by atoms with Gasteiger partial charge in [0, 0.05) is 6.54 Å². The van der Waals surface area contributed by atoms with Crippen LogP contribution in [0.4, 0.5) is 0 Å². The highest BCUT2D eigenvalue weighted by Crippen LogP contribution is 2.09. The van der Waals surface area contributed by atoms with Gasteiger partial charge in [0.05, 0.1) is 5.75 Å². The van der Waals surface area contributed by atoms with Crippen molar-refractivity contribution in [2.45, 2.75) is 5.37 Å². The number of nitrogens with one attached hydrogen (secondary N) is 2. The molecule has 0 saturated carbocycles. The lowest BCUT2D eigenvalue weighted by molar-refractivity contribution is -0.137. The monoisotopic (exact) mass is 244 g/mol. The summed E-state index contributed by atoms with van der Waals surface area (Å²) in [6.45, 7) is 3.67. The van der Waals surface area contributed by atoms with E-state index < -0.39 is 17.1 Å². The lowest BCUT2D eigenvalue weighted by Gasteiger charge is -2.11. The summed E-state index contributed by atoms with van der Waals surface area (Å²) >= 11 is 4.88. The van der Waals surface area contributed by atoms with Crippen LogP contribution in [0.1, 0.15) is 0 Å². The number of carbonyl (C=O) groups excluding carboxylic acids is 2. The van der Waals surface area contributed by atoms with E-state index in [9.17, 15) is 9.59 Å². The third-order valence-corrected chi connectivity index (χ3v) is 2.75. The van der Waals surface area contributed by atoms with E-state index in [4.69, 9.17) is 6.42 Å². The summed E-state index contributed by atoms with van der Waals surface area (Å²) < 4.78 is 2.42. The van der Waals surface area contributed by atoms with Gasteiger partial charge < -0.3 is 5.32 Å². The van der Waals surface area contributed by atoms with Crippen LogP contribution in [-0.4, -0.2) is 29.4 Å². The maximum Gasteiger partial charge on any atom is 0.290 e. The lowest BCUT2D eigenvalue weighted by atomic mass is 10.3. The molecule has 0 aliphatic carbocycles. The van der Waals surface area contributed by atoms with Gasteiger partial charge in [-0.2, -0.15) is 0 Å². The van der Waals surface area contributed by atoms with Crippen LogP contribution >= 0.6 is 24.6 Å². The van der Waals surface area contributed by atoms with E-state index in [0.717, 1.165) is 11.8 Å². The number of thioether (sulfide) groups is 1. The molecule has 0 aromatic carbocycles. The highest BCUT2D eigenvalue weighted by atomic mass is 32.2. The number of thiol groups is 1. The van der Waals surface area contributed by atoms with Gasteiger partial charge in [0.1, 0.15) is 5.37 Å². The van der Waals surface area contributed by atoms with E-state index in [0.29, 0.717) is 5.75 Å². The van der Waals surface area contributed by atoms with Crippen molar-refractivity contribution >= 4 is 36.3 Å². The molecule has 0 radical (unpaired) electrons. The number of rotatable bonds is 7. The highest BCUT2D eigenvalue weighted by molar-refractivity contribution is 8.01. The first-order valence-corrected chi connectivity index (χ1v) is 5.54. The molecule has 82 valence electrons. The summed E-state index contributed by atoms with van der Waals surface area (Å²) in [4.78, 5) is 22.7. The second-order valence-electron chi connectivity index (χ2n) is 2.39. The number of hydrogen-bond donors (Lipinski definition) is 3. The van der Waals surface area contributed by atoms with E-state index in [2.05, 4.69) is 35.4 Å². The minimum Gasteiger partial charge on any atom is -0.346 e. The molecule has 1 unspecified atom stereocenters. The maximum atomic E-state index is 11.4. The molecular formula is C9H12N2O2S2. The van der Waals surface area contributed by atoms with Crippen LogP contribution in [0.5, 0.6) is 0 Å². The molecule has 0 aliphatic heterocycles. The Labute approximate surface area is 98.8 Å². The summed E-state index contributed by atoms with van der Waals surface area (Å²) in [5, 5.41) is 1.65. The number of terminal acetylenes is 1. The number of Topliss-reactive ketones (excluding diaryl/α,β-unsaturated/α-hetero) is 1. The Morgan fingerprint density at radius 2 is 2.33 bits per heavy atom. The topological polar surface area (TPSA) is 58.2 Å². The molecule has 0 spiro atoms. The molecule has 6 heteroatoms. The Morgan fingerprint density at radius 1 is 1.67 bits per heavy atom. The van der Waals surface area contributed by atoms with Gasteiger partial charge in [-0.05, 0) is 0 Å². The molecule has 15 heavy (non-hydrogen) atoms. The van der Waals surface area contributed by atoms with Crippen LogP contribution in [0.3, 0.4) is 0 Å². The largest absolute Gasteiger partial charge is 0.346 e. The number of hydrogen-bond acceptors (Lipinski definition) is 5. The zero-order valence-corrected chi connectivity index (χ0v) is 9.74. The normalized spacial score (nSPS) is 11.2. The van der Waals surface area contributed by atoms with Gasteiger partial charge >= 0.3 is 0 Å². The summed E-state index contributed by atoms with van der Waals surface area (Å²) in [6.07, 6.45) is 6.53. The molecule has 0 aromatic rings. The molecule has 2 N–H and O–H groups in total. The smallest absolute Gasteiger partial charge is 0.290 e. The summed E-state index contributed by atoms with van der Waals surface area (Å²) in [7, 11) is 0. The molecule has 0 aromatic heterocycles. The van der Waals surface area contributed by atoms with Crippen LogP contribution in [0.15, 0.2) is 12.7 Å². The van der Waals surface area contributed by atoms with Crippen molar-refractivity contribution in [3.63, 3.8) is 0 Å². The summed E-state index contributed by atoms with van der Waals surface area (Å²) in [6, 6.07) is 0. The molecule has 0 fully saturated rings. The van der Waals surface area contributed by atoms with Crippen LogP contribution in [-0.2, 0) is 9.59 Å². The Morgan fingerprint density at radius 3 is 2.80 bits per heavy atom. The molecule has 0 bridgehead atoms. The third-order valence-electron chi connectivity index (χ3n) is 1.32. The fourth-order valence-electron chi connectivity index (χ4n) is 0.674. The number of amides is 1. The molecule has 0 aliphatic rings. The second-order valence-corrected chi connectivity index (χ2v) is 3.74. The Kier molecular flexibility index (Phi) is 7.91. The molecule has 0 heterocycles. The van der Waals surface area contributed by atoms with Crippen molar-refractivity contribution in [2.75, 3.05) is 12.3 Å². The SMILES string of the molecule is C#CCSC(NS)C(=O)C(=O)NCC=C. The number of carbonyl (C=O) groups is 2. The third kappa shape index (κ3) is 5.52. The van der Waals surface area contributed by atoms with Gasteiger partial charge in [-0.1, -0.05) is 24.8 Å². The quantitative estimate of drug-likeness (QED) is 0.194. The first-order valence-electron chi connectivity index (χ1n) is 4.05. The molecule has 1 atom stereocenters. The van der Waals surface area contributed by atoms with Gasteiger partial charge in [-0.3, -0.25) is 9.59 Å². The number of ketones is 1. The van der Waals surface area contributed by atoms with Gasteiger partial charge in [-0.15, -0.1) is 24.8 Å². The summed E-state index contributed by atoms with van der Waals surface area (Å²) in [5.41, 5.74) is 0. The van der Waals surface area contributed by atoms with Crippen molar-refractivity contribution in [2.24, 2.45) is 0 Å². The first kappa shape index (κ1) is 14.1. The first-order chi connectivity index (χ1) is 7.17. The van der Waals surface area contributed by atoms with Crippen LogP contribution in [0, 0.1) is 12.3 Å². The zero-order valence-electron chi connectivity index (χ0n) is 8.03. The van der Waals surface area contributed by atoms with Gasteiger partial charge in [0.25, 0.3) is 5.91 Å². The van der Waals surface area contributed by atoms with Crippen molar-refractivity contribution in [1.29, 1.82) is 0 Å². The predicted molar refractivity (Wildman–Crippen MR) is 65.4 cm³/mol. The van der Waals surface area contributed by atoms with E-state index in [1.807, 2.05) is 0 Å². The van der Waals surface area contributed by atoms with E-state index in [1.54, 1.807) is 0 Å². The van der Waals surface area contributed by atoms with Crippen LogP contribution in [0.2, 0.25) is 0 Å². The minimum absolute atomic E-state index is 0.254. The fraction of sp³-hybridized carbons (Fsp3) is 0.333. The van der Waals surface area contributed by atoms with E-state index >= 15 is 0 Å². The van der Waals surface area contributed by atoms with Crippen LogP contribution in [0.25, 0.3) is 0 Å². The fourth-order valence-corrected chi connectivity index (χ4v) is 1.61. The lowest BCUT2D eigenvalue weighted by Crippen LogP contribution is -2.41. The maximum absolute atomic E-state index is 11.4. The standard InChI is InChI=1S/C9H12N2O2S2/c1-3-5-10-8(13)7(12)9(11-14)15-6-4-2/h2-3,9,11,14H,1,5-6H2,(H,10,13). The van der Waals surface area contributed by atoms with Crippen molar-refractivity contribution in [3.05, 3.63) is 12.7 Å². The molecule has 0 saturated heterocycles. The van der Waals surface area contributed by atoms with Gasteiger partial charge in [-0.25, -0.2) is 4.72 Å². The molecule has 0 rings (SSSR count). The van der Waals surface area contributed by atoms with Crippen LogP contribution < -0.4 is 10.0 Å². The highest BCUT2D eigenvalue weighted by Gasteiger charge is 2.23. The van der Waals surface area contributed by atoms with Crippen molar-refractivity contribution < 1.29 is 9.59 Å². The van der Waals surface area contributed by atoms with Gasteiger partial charge in [0.2, 0.25) is 5.78 Å². The summed E-state index contributed by atoms with van der Waals surface area (Å²) in [5.74, 6) is 1.41. The predicted octanol–water partition coefficient (Wildman–Crippen LogP) is -0.0154.